The second kappa shape index (κ2) is 91.0. The number of ether oxygens (including phenoxy) is 4. The molecule has 30 heavy (non-hydrogen) atoms. The topological polar surface area (TPSA) is 156 Å². The van der Waals surface area contributed by atoms with Crippen LogP contribution in [0.1, 0.15) is 27.7 Å². The van der Waals surface area contributed by atoms with Gasteiger partial charge in [-0.05, 0) is 39.5 Å². The van der Waals surface area contributed by atoms with Gasteiger partial charge in [0.2, 0.25) is 12.6 Å². The minimum absolute atomic E-state index is 0. The summed E-state index contributed by atoms with van der Waals surface area (Å²) in [5.41, 5.74) is 0. The largest absolute Gasteiger partial charge is 0 e. The minimum atomic E-state index is -0.501. The molecule has 0 amide bonds. The van der Waals surface area contributed by atoms with Crippen molar-refractivity contribution in [2.75, 3.05) is 26.4 Å². The molecule has 0 fully saturated rings. The molecule has 0 saturated heterocycles. The second-order valence-corrected chi connectivity index (χ2v) is 2.77. The monoisotopic (exact) mass is 516 g/mol. The molecule has 0 aliphatic carbocycles. The van der Waals surface area contributed by atoms with Gasteiger partial charge in [-0.1, -0.05) is 0 Å². The van der Waals surface area contributed by atoms with E-state index >= 15 is 0 Å². The van der Waals surface area contributed by atoms with Gasteiger partial charge in [0.05, 0.1) is 0 Å². The van der Waals surface area contributed by atoms with Crippen LogP contribution in [0.4, 0.5) is 0 Å². The molecule has 0 aliphatic heterocycles. The normalized spacial score (nSPS) is 6.07. The first kappa shape index (κ1) is 56.8. The Morgan fingerprint density at radius 3 is 0.700 bits per heavy atom. The molecule has 2 radical (unpaired) electrons. The first-order valence-electron chi connectivity index (χ1n) is 6.98. The van der Waals surface area contributed by atoms with E-state index in [1.165, 1.54) is 0 Å². The van der Waals surface area contributed by atoms with E-state index < -0.39 is 12.6 Å². The standard InChI is InChI=1S/C12H22O4.6CO.2Co/c1-5-13-11(14-6-2)9-10-12(15-7-3)16-8-4;6*1-2;;/h11-12H,5-8H2,1-4H3;;;;;;;;. The van der Waals surface area contributed by atoms with Crippen molar-refractivity contribution in [3.8, 4) is 11.8 Å². The maximum Gasteiger partial charge on any atom is 0 e. The third kappa shape index (κ3) is 71.4. The molecule has 0 heterocycles. The predicted molar refractivity (Wildman–Crippen MR) is 85.4 cm³/mol. The molecular formula is C18H22Co2O10. The molecule has 0 aromatic carbocycles. The van der Waals surface area contributed by atoms with Crippen LogP contribution in [-0.4, -0.2) is 39.0 Å². The van der Waals surface area contributed by atoms with Gasteiger partial charge in [-0.25, -0.2) is 0 Å². The second-order valence-electron chi connectivity index (χ2n) is 2.77. The van der Waals surface area contributed by atoms with E-state index in [4.69, 9.17) is 46.9 Å². The van der Waals surface area contributed by atoms with Crippen molar-refractivity contribution in [3.05, 3.63) is 39.9 Å². The van der Waals surface area contributed by atoms with Gasteiger partial charge >= 0.3 is 67.8 Å². The Morgan fingerprint density at radius 1 is 0.467 bits per heavy atom. The van der Waals surface area contributed by atoms with Gasteiger partial charge in [-0.2, -0.15) is 0 Å². The van der Waals surface area contributed by atoms with Crippen molar-refractivity contribution in [1.29, 1.82) is 0 Å². The zero-order valence-electron chi connectivity index (χ0n) is 16.7. The number of hydrogen-bond donors (Lipinski definition) is 0. The van der Waals surface area contributed by atoms with E-state index in [0.29, 0.717) is 26.4 Å². The third-order valence-corrected chi connectivity index (χ3v) is 1.59. The molecule has 0 spiro atoms. The minimum Gasteiger partial charge on any atom is 0 e. The van der Waals surface area contributed by atoms with E-state index in [0.717, 1.165) is 0 Å². The summed E-state index contributed by atoms with van der Waals surface area (Å²) in [6.45, 7) is 36.8. The van der Waals surface area contributed by atoms with Crippen molar-refractivity contribution < 1.29 is 80.4 Å². The summed E-state index contributed by atoms with van der Waals surface area (Å²) in [6.07, 6.45) is -1.00. The van der Waals surface area contributed by atoms with Gasteiger partial charge in [0.15, 0.2) is 0 Å². The quantitative estimate of drug-likeness (QED) is 0.208. The van der Waals surface area contributed by atoms with Gasteiger partial charge in [0, 0.05) is 60.0 Å². The maximum absolute atomic E-state index is 7.50. The average molecular weight is 516 g/mol. The smallest absolute Gasteiger partial charge is 0 e. The van der Waals surface area contributed by atoms with Crippen molar-refractivity contribution in [3.63, 3.8) is 0 Å². The first-order chi connectivity index (χ1) is 13.8. The van der Waals surface area contributed by atoms with Crippen LogP contribution in [0.15, 0.2) is 0 Å². The zero-order chi connectivity index (χ0) is 24.2. The Balaban J connectivity index is -0.0000000386. The van der Waals surface area contributed by atoms with Crippen LogP contribution in [0.3, 0.4) is 0 Å². The number of rotatable bonds is 8. The molecule has 0 aromatic rings. The molecule has 0 saturated carbocycles. The van der Waals surface area contributed by atoms with E-state index in [-0.39, 0.29) is 33.6 Å². The molecule has 0 atom stereocenters. The Morgan fingerprint density at radius 2 is 0.600 bits per heavy atom. The van der Waals surface area contributed by atoms with Crippen molar-refractivity contribution in [2.24, 2.45) is 0 Å². The summed E-state index contributed by atoms with van der Waals surface area (Å²) >= 11 is 0. The Bertz CT molecular complexity index is 355. The molecule has 0 rings (SSSR count). The van der Waals surface area contributed by atoms with E-state index in [1.807, 2.05) is 27.7 Å². The molecule has 0 N–H and O–H groups in total. The third-order valence-electron chi connectivity index (χ3n) is 1.59. The van der Waals surface area contributed by atoms with Crippen molar-refractivity contribution in [1.82, 2.24) is 0 Å². The molecular weight excluding hydrogens is 494 g/mol. The summed E-state index contributed by atoms with van der Waals surface area (Å²) in [7, 11) is 0. The molecule has 0 aliphatic rings. The molecule has 0 unspecified atom stereocenters. The SMILES string of the molecule is CCOC(C#CC(OCC)OCC)OCC.[C-]#[O+].[C-]#[O+].[C-]#[O+].[C-]#[O+].[C-]#[O+].[C-]#[O+].[Co].[Co]. The fraction of sp³-hybridized carbons (Fsp3) is 0.556. The van der Waals surface area contributed by atoms with Crippen LogP contribution in [0.5, 0.6) is 0 Å². The van der Waals surface area contributed by atoms with Crippen LogP contribution < -0.4 is 0 Å². The summed E-state index contributed by atoms with van der Waals surface area (Å²) in [5.74, 6) is 5.69. The van der Waals surface area contributed by atoms with E-state index in [1.54, 1.807) is 0 Å². The molecule has 0 aromatic heterocycles. The molecule has 0 bridgehead atoms. The summed E-state index contributed by atoms with van der Waals surface area (Å²) in [4.78, 5) is 0. The van der Waals surface area contributed by atoms with Crippen LogP contribution in [0, 0.1) is 51.7 Å². The fourth-order valence-electron chi connectivity index (χ4n) is 1.00. The van der Waals surface area contributed by atoms with Crippen LogP contribution in [-0.2, 0) is 80.4 Å². The fourth-order valence-corrected chi connectivity index (χ4v) is 1.00. The van der Waals surface area contributed by atoms with Crippen molar-refractivity contribution >= 4 is 0 Å². The average Bonchev–Trinajstić information content (AvgIpc) is 2.81. The van der Waals surface area contributed by atoms with E-state index in [9.17, 15) is 0 Å². The molecule has 172 valence electrons. The maximum atomic E-state index is 7.50. The van der Waals surface area contributed by atoms with Gasteiger partial charge < -0.3 is 18.9 Å². The molecule has 12 heteroatoms. The Hall–Kier alpha value is -1.15. The Labute approximate surface area is 198 Å². The van der Waals surface area contributed by atoms with Crippen LogP contribution in [0.25, 0.3) is 0 Å². The zero-order valence-corrected chi connectivity index (χ0v) is 18.8. The Kier molecular flexibility index (Phi) is 172. The summed E-state index contributed by atoms with van der Waals surface area (Å²) < 4.78 is 66.1. The van der Waals surface area contributed by atoms with E-state index in [2.05, 4.69) is 51.7 Å². The number of hydrogen-bond acceptors (Lipinski definition) is 4. The summed E-state index contributed by atoms with van der Waals surface area (Å²) in [6, 6.07) is 0. The molecule has 10 nitrogen and oxygen atoms in total. The van der Waals surface area contributed by atoms with Crippen LogP contribution in [0.2, 0.25) is 0 Å². The first-order valence-corrected chi connectivity index (χ1v) is 6.98. The van der Waals surface area contributed by atoms with Gasteiger partial charge in [0.1, 0.15) is 0 Å². The van der Waals surface area contributed by atoms with Crippen molar-refractivity contribution in [2.45, 2.75) is 40.3 Å². The van der Waals surface area contributed by atoms with Crippen LogP contribution >= 0.6 is 0 Å². The van der Waals surface area contributed by atoms with Gasteiger partial charge in [-0.15, -0.1) is 0 Å². The summed E-state index contributed by atoms with van der Waals surface area (Å²) in [5, 5.41) is 0. The predicted octanol–water partition coefficient (Wildman–Crippen LogP) is 1.56. The van der Waals surface area contributed by atoms with Gasteiger partial charge in [0.25, 0.3) is 0 Å². The van der Waals surface area contributed by atoms with Gasteiger partial charge in [-0.3, -0.25) is 0 Å².